The summed E-state index contributed by atoms with van der Waals surface area (Å²) in [4.78, 5) is 0. The van der Waals surface area contributed by atoms with Gasteiger partial charge in [-0.3, -0.25) is 0 Å². The predicted molar refractivity (Wildman–Crippen MR) is 79.9 cm³/mol. The van der Waals surface area contributed by atoms with Crippen LogP contribution in [0, 0.1) is 0 Å². The van der Waals surface area contributed by atoms with Crippen LogP contribution in [0.15, 0.2) is 0 Å². The van der Waals surface area contributed by atoms with E-state index in [-0.39, 0.29) is 12.4 Å². The van der Waals surface area contributed by atoms with E-state index < -0.39 is 10.3 Å². The molecular formula is C12H32AuClP2. The molecule has 4 heteroatoms. The van der Waals surface area contributed by atoms with Crippen LogP contribution in [-0.2, 0) is 18.7 Å². The molecule has 0 unspecified atom stereocenters. The Morgan fingerprint density at radius 2 is 0.750 bits per heavy atom. The van der Waals surface area contributed by atoms with Gasteiger partial charge in [-0.2, -0.15) is 0 Å². The maximum Gasteiger partial charge on any atom is -1.00 e. The van der Waals surface area contributed by atoms with Crippen molar-refractivity contribution >= 4 is 10.3 Å². The van der Waals surface area contributed by atoms with Crippen molar-refractivity contribution in [2.75, 3.05) is 37.0 Å². The van der Waals surface area contributed by atoms with Crippen LogP contribution in [0.2, 0.25) is 0 Å². The Morgan fingerprint density at radius 3 is 0.875 bits per heavy atom. The molecule has 0 aromatic heterocycles. The van der Waals surface area contributed by atoms with Gasteiger partial charge in [0.15, 0.2) is 0 Å². The van der Waals surface area contributed by atoms with Crippen molar-refractivity contribution in [3.05, 3.63) is 0 Å². The molecule has 0 fully saturated rings. The first-order chi connectivity index (χ1) is 7.07. The zero-order valence-electron chi connectivity index (χ0n) is 11.9. The molecule has 0 N–H and O–H groups in total. The largest absolute Gasteiger partial charge is 1.00 e. The third kappa shape index (κ3) is 5.26. The minimum Gasteiger partial charge on any atom is -1.00 e. The third-order valence-corrected chi connectivity index (χ3v) is 48.3. The Labute approximate surface area is 119 Å². The first-order valence-corrected chi connectivity index (χ1v) is 18.0. The normalized spacial score (nSPS) is 14.6. The number of hydrogen-bond donors (Lipinski definition) is 0. The SMILES string of the molecule is CC[PH](CC)(CC)[Au+][PH](CC)(CC)CC.[Cl-]. The van der Waals surface area contributed by atoms with Gasteiger partial charge in [-0.25, -0.2) is 0 Å². The van der Waals surface area contributed by atoms with E-state index in [4.69, 9.17) is 0 Å². The Balaban J connectivity index is 0. The molecule has 0 saturated heterocycles. The number of hydrogen-bond acceptors (Lipinski definition) is 0. The van der Waals surface area contributed by atoms with Crippen LogP contribution in [0.1, 0.15) is 41.5 Å². The molecule has 0 spiro atoms. The summed E-state index contributed by atoms with van der Waals surface area (Å²) in [6.07, 6.45) is 9.39. The van der Waals surface area contributed by atoms with E-state index in [1.165, 1.54) is 0 Å². The van der Waals surface area contributed by atoms with E-state index in [1.807, 2.05) is 0 Å². The topological polar surface area (TPSA) is 0 Å². The summed E-state index contributed by atoms with van der Waals surface area (Å²) >= 11 is 0.727. The van der Waals surface area contributed by atoms with Crippen molar-refractivity contribution in [2.45, 2.75) is 41.5 Å². The Hall–Kier alpha value is 1.89. The predicted octanol–water partition coefficient (Wildman–Crippen LogP) is 1.52. The molecule has 0 amide bonds. The molecule has 0 heterocycles. The Morgan fingerprint density at radius 1 is 0.562 bits per heavy atom. The second kappa shape index (κ2) is 9.77. The minimum absolute atomic E-state index is 0. The van der Waals surface area contributed by atoms with E-state index in [9.17, 15) is 0 Å². The van der Waals surface area contributed by atoms with Gasteiger partial charge in [-0.15, -0.1) is 0 Å². The molecule has 0 aliphatic carbocycles. The molecule has 16 heavy (non-hydrogen) atoms. The van der Waals surface area contributed by atoms with Gasteiger partial charge in [0.25, 0.3) is 0 Å². The van der Waals surface area contributed by atoms with Crippen LogP contribution in [0.5, 0.6) is 0 Å². The summed E-state index contributed by atoms with van der Waals surface area (Å²) in [5.74, 6) is 0. The second-order valence-corrected chi connectivity index (χ2v) is 32.1. The van der Waals surface area contributed by atoms with Crippen LogP contribution in [0.3, 0.4) is 0 Å². The second-order valence-electron chi connectivity index (χ2n) is 4.34. The molecule has 0 aliphatic heterocycles. The first kappa shape index (κ1) is 20.2. The summed E-state index contributed by atoms with van der Waals surface area (Å²) in [6.45, 7) is 14.9. The monoisotopic (exact) mass is 470 g/mol. The molecule has 0 nitrogen and oxygen atoms in total. The van der Waals surface area contributed by atoms with E-state index in [2.05, 4.69) is 41.5 Å². The molecule has 0 aromatic carbocycles. The molecule has 0 radical (unpaired) electrons. The van der Waals surface area contributed by atoms with Crippen LogP contribution in [-0.4, -0.2) is 37.0 Å². The third-order valence-electron chi connectivity index (χ3n) is 3.96. The van der Waals surface area contributed by atoms with E-state index in [0.29, 0.717) is 0 Å². The quantitative estimate of drug-likeness (QED) is 0.373. The van der Waals surface area contributed by atoms with E-state index in [0.717, 1.165) is 18.7 Å². The number of rotatable bonds is 8. The molecule has 0 rings (SSSR count). The Kier molecular flexibility index (Phi) is 12.3. The smallest absolute Gasteiger partial charge is 1.00 e. The summed E-state index contributed by atoms with van der Waals surface area (Å²) in [7, 11) is 0. The fourth-order valence-corrected chi connectivity index (χ4v) is 53.0. The van der Waals surface area contributed by atoms with Gasteiger partial charge in [0, 0.05) is 0 Å². The van der Waals surface area contributed by atoms with Crippen molar-refractivity contribution in [1.29, 1.82) is 0 Å². The standard InChI is InChI=1S/2C6H15P.Au.ClH/c2*1-4-7(5-2)6-3;;/h2*4-6H2,1-3H3;;1H/q;;-1;/p+1. The maximum absolute atomic E-state index is 2.48. The molecular weight excluding hydrogens is 439 g/mol. The van der Waals surface area contributed by atoms with Gasteiger partial charge in [0.05, 0.1) is 0 Å². The minimum atomic E-state index is -0.757. The average molecular weight is 471 g/mol. The van der Waals surface area contributed by atoms with Crippen molar-refractivity contribution in [3.8, 4) is 0 Å². The van der Waals surface area contributed by atoms with E-state index >= 15 is 0 Å². The van der Waals surface area contributed by atoms with E-state index in [1.54, 1.807) is 37.0 Å². The zero-order chi connectivity index (χ0) is 11.9. The first-order valence-electron chi connectivity index (χ1n) is 6.67. The van der Waals surface area contributed by atoms with Crippen molar-refractivity contribution in [1.82, 2.24) is 0 Å². The van der Waals surface area contributed by atoms with Crippen LogP contribution >= 0.6 is 10.3 Å². The molecule has 0 aliphatic rings. The summed E-state index contributed by atoms with van der Waals surface area (Å²) in [5.41, 5.74) is 0. The molecule has 0 bridgehead atoms. The fraction of sp³-hybridized carbons (Fsp3) is 1.00. The molecule has 0 aromatic rings. The van der Waals surface area contributed by atoms with Gasteiger partial charge in [0.1, 0.15) is 0 Å². The van der Waals surface area contributed by atoms with Gasteiger partial charge in [-0.05, 0) is 0 Å². The van der Waals surface area contributed by atoms with Crippen LogP contribution < -0.4 is 12.4 Å². The summed E-state index contributed by atoms with van der Waals surface area (Å²) < 4.78 is 0. The van der Waals surface area contributed by atoms with Crippen molar-refractivity contribution in [3.63, 3.8) is 0 Å². The number of halogens is 1. The molecule has 0 atom stereocenters. The van der Waals surface area contributed by atoms with Gasteiger partial charge >= 0.3 is 108 Å². The average Bonchev–Trinajstić information content (AvgIpc) is 2.33. The summed E-state index contributed by atoms with van der Waals surface area (Å²) in [6, 6.07) is 0. The fourth-order valence-electron chi connectivity index (χ4n) is 2.16. The van der Waals surface area contributed by atoms with Crippen molar-refractivity contribution in [2.24, 2.45) is 0 Å². The van der Waals surface area contributed by atoms with Crippen LogP contribution in [0.4, 0.5) is 0 Å². The summed E-state index contributed by atoms with van der Waals surface area (Å²) in [5, 5.41) is -1.51. The van der Waals surface area contributed by atoms with Crippen LogP contribution in [0.25, 0.3) is 0 Å². The van der Waals surface area contributed by atoms with Gasteiger partial charge < -0.3 is 12.4 Å². The van der Waals surface area contributed by atoms with Gasteiger partial charge in [-0.1, -0.05) is 0 Å². The Bertz CT molecular complexity index is 134. The molecule has 108 valence electrons. The van der Waals surface area contributed by atoms with Crippen molar-refractivity contribution < 1.29 is 31.1 Å². The maximum atomic E-state index is 2.48. The molecule has 0 saturated carbocycles. The zero-order valence-corrected chi connectivity index (χ0v) is 16.8. The van der Waals surface area contributed by atoms with Gasteiger partial charge in [0.2, 0.25) is 0 Å².